The van der Waals surface area contributed by atoms with Gasteiger partial charge in [0, 0.05) is 18.6 Å². The molecule has 1 aliphatic heterocycles. The quantitative estimate of drug-likeness (QED) is 0.925. The van der Waals surface area contributed by atoms with Gasteiger partial charge in [-0.3, -0.25) is 0 Å². The molecular formula is C19H23NO. The van der Waals surface area contributed by atoms with Crippen LogP contribution in [0.3, 0.4) is 0 Å². The lowest BCUT2D eigenvalue weighted by Crippen LogP contribution is -2.43. The number of nitrogens with one attached hydrogen (secondary N) is 1. The number of hydrogen-bond donors (Lipinski definition) is 1. The Bertz CT molecular complexity index is 527. The standard InChI is InChI=1S/C19H23NO/c1-15(20-2)18-13-14-21-19(18,16-9-5-3-6-10-16)17-11-7-4-8-12-17/h3-12,15,18,20H,13-14H2,1-2H3. The van der Waals surface area contributed by atoms with E-state index in [4.69, 9.17) is 4.74 Å². The molecule has 0 saturated carbocycles. The molecule has 0 radical (unpaired) electrons. The highest BCUT2D eigenvalue weighted by Gasteiger charge is 2.48. The zero-order valence-electron chi connectivity index (χ0n) is 12.8. The van der Waals surface area contributed by atoms with Gasteiger partial charge >= 0.3 is 0 Å². The van der Waals surface area contributed by atoms with Gasteiger partial charge in [0.25, 0.3) is 0 Å². The van der Waals surface area contributed by atoms with Crippen LogP contribution in [0.25, 0.3) is 0 Å². The fourth-order valence-corrected chi connectivity index (χ4v) is 3.59. The van der Waals surface area contributed by atoms with Gasteiger partial charge in [-0.1, -0.05) is 60.7 Å². The summed E-state index contributed by atoms with van der Waals surface area (Å²) in [4.78, 5) is 0. The van der Waals surface area contributed by atoms with Crippen molar-refractivity contribution in [3.63, 3.8) is 0 Å². The summed E-state index contributed by atoms with van der Waals surface area (Å²) in [5, 5.41) is 3.42. The van der Waals surface area contributed by atoms with E-state index in [2.05, 4.69) is 72.9 Å². The molecule has 0 amide bonds. The number of ether oxygens (including phenoxy) is 1. The van der Waals surface area contributed by atoms with E-state index in [1.165, 1.54) is 11.1 Å². The van der Waals surface area contributed by atoms with Gasteiger partial charge in [0.1, 0.15) is 5.60 Å². The summed E-state index contributed by atoms with van der Waals surface area (Å²) in [6.07, 6.45) is 1.08. The lowest BCUT2D eigenvalue weighted by molar-refractivity contribution is 0.00272. The minimum Gasteiger partial charge on any atom is -0.365 e. The molecule has 1 saturated heterocycles. The Labute approximate surface area is 127 Å². The van der Waals surface area contributed by atoms with E-state index in [-0.39, 0.29) is 5.60 Å². The van der Waals surface area contributed by atoms with E-state index < -0.39 is 0 Å². The van der Waals surface area contributed by atoms with Crippen LogP contribution >= 0.6 is 0 Å². The summed E-state index contributed by atoms with van der Waals surface area (Å²) in [6.45, 7) is 3.06. The molecule has 1 fully saturated rings. The number of hydrogen-bond acceptors (Lipinski definition) is 2. The Balaban J connectivity index is 2.16. The zero-order valence-corrected chi connectivity index (χ0v) is 12.8. The Morgan fingerprint density at radius 2 is 1.52 bits per heavy atom. The van der Waals surface area contributed by atoms with Crippen LogP contribution in [0.2, 0.25) is 0 Å². The molecule has 21 heavy (non-hydrogen) atoms. The Kier molecular flexibility index (Phi) is 4.09. The van der Waals surface area contributed by atoms with Crippen molar-refractivity contribution < 1.29 is 4.74 Å². The van der Waals surface area contributed by atoms with Crippen LogP contribution in [-0.2, 0) is 10.3 Å². The second-order valence-electron chi connectivity index (χ2n) is 5.79. The first-order chi connectivity index (χ1) is 10.3. The maximum Gasteiger partial charge on any atom is 0.122 e. The molecule has 110 valence electrons. The van der Waals surface area contributed by atoms with E-state index in [9.17, 15) is 0 Å². The first-order valence-corrected chi connectivity index (χ1v) is 7.71. The summed E-state index contributed by atoms with van der Waals surface area (Å²) in [6, 6.07) is 21.7. The highest BCUT2D eigenvalue weighted by atomic mass is 16.5. The molecule has 2 aromatic rings. The first kappa shape index (κ1) is 14.3. The van der Waals surface area contributed by atoms with Crippen molar-refractivity contribution in [2.75, 3.05) is 13.7 Å². The van der Waals surface area contributed by atoms with Gasteiger partial charge in [0.05, 0.1) is 0 Å². The van der Waals surface area contributed by atoms with Crippen LogP contribution < -0.4 is 5.32 Å². The predicted molar refractivity (Wildman–Crippen MR) is 86.2 cm³/mol. The van der Waals surface area contributed by atoms with Crippen LogP contribution in [0, 0.1) is 5.92 Å². The normalized spacial score (nSPS) is 22.1. The minimum atomic E-state index is -0.342. The van der Waals surface area contributed by atoms with Crippen LogP contribution in [0.4, 0.5) is 0 Å². The van der Waals surface area contributed by atoms with Crippen molar-refractivity contribution in [3.05, 3.63) is 71.8 Å². The topological polar surface area (TPSA) is 21.3 Å². The minimum absolute atomic E-state index is 0.342. The molecule has 2 nitrogen and oxygen atoms in total. The maximum atomic E-state index is 6.41. The van der Waals surface area contributed by atoms with Crippen LogP contribution in [0.15, 0.2) is 60.7 Å². The molecule has 2 unspecified atom stereocenters. The van der Waals surface area contributed by atoms with Crippen molar-refractivity contribution in [3.8, 4) is 0 Å². The number of rotatable bonds is 4. The van der Waals surface area contributed by atoms with E-state index in [1.807, 2.05) is 7.05 Å². The van der Waals surface area contributed by atoms with Gasteiger partial charge < -0.3 is 10.1 Å². The molecule has 0 spiro atoms. The van der Waals surface area contributed by atoms with Crippen molar-refractivity contribution in [2.45, 2.75) is 25.0 Å². The second-order valence-corrected chi connectivity index (χ2v) is 5.79. The molecule has 2 heteroatoms. The molecule has 0 bridgehead atoms. The van der Waals surface area contributed by atoms with Crippen molar-refractivity contribution >= 4 is 0 Å². The van der Waals surface area contributed by atoms with E-state index >= 15 is 0 Å². The predicted octanol–water partition coefficient (Wildman–Crippen LogP) is 3.57. The molecule has 1 aliphatic rings. The highest BCUT2D eigenvalue weighted by molar-refractivity contribution is 5.39. The van der Waals surface area contributed by atoms with Gasteiger partial charge in [0.2, 0.25) is 0 Å². The second kappa shape index (κ2) is 6.00. The van der Waals surface area contributed by atoms with E-state index in [0.29, 0.717) is 12.0 Å². The monoisotopic (exact) mass is 281 g/mol. The molecule has 1 N–H and O–H groups in total. The molecular weight excluding hydrogens is 258 g/mol. The van der Waals surface area contributed by atoms with Gasteiger partial charge in [0.15, 0.2) is 0 Å². The van der Waals surface area contributed by atoms with Crippen molar-refractivity contribution in [2.24, 2.45) is 5.92 Å². The Morgan fingerprint density at radius 3 is 2.00 bits per heavy atom. The summed E-state index contributed by atoms with van der Waals surface area (Å²) >= 11 is 0. The SMILES string of the molecule is CNC(C)C1CCOC1(c1ccccc1)c1ccccc1. The largest absolute Gasteiger partial charge is 0.365 e. The third-order valence-corrected chi connectivity index (χ3v) is 4.74. The number of benzene rings is 2. The van der Waals surface area contributed by atoms with Crippen LogP contribution in [0.5, 0.6) is 0 Å². The fraction of sp³-hybridized carbons (Fsp3) is 0.368. The Hall–Kier alpha value is -1.64. The summed E-state index contributed by atoms with van der Waals surface area (Å²) in [5.41, 5.74) is 2.16. The zero-order chi connectivity index (χ0) is 14.7. The van der Waals surface area contributed by atoms with Gasteiger partial charge in [-0.15, -0.1) is 0 Å². The highest BCUT2D eigenvalue weighted by Crippen LogP contribution is 2.47. The van der Waals surface area contributed by atoms with E-state index in [0.717, 1.165) is 13.0 Å². The lowest BCUT2D eigenvalue weighted by Gasteiger charge is -2.38. The first-order valence-electron chi connectivity index (χ1n) is 7.71. The van der Waals surface area contributed by atoms with Crippen LogP contribution in [-0.4, -0.2) is 19.7 Å². The molecule has 2 atom stereocenters. The third-order valence-electron chi connectivity index (χ3n) is 4.74. The van der Waals surface area contributed by atoms with E-state index in [1.54, 1.807) is 0 Å². The van der Waals surface area contributed by atoms with Gasteiger partial charge in [-0.2, -0.15) is 0 Å². The smallest absolute Gasteiger partial charge is 0.122 e. The maximum absolute atomic E-state index is 6.41. The average Bonchev–Trinajstić information content (AvgIpc) is 3.02. The average molecular weight is 281 g/mol. The summed E-state index contributed by atoms with van der Waals surface area (Å²) in [7, 11) is 2.03. The fourth-order valence-electron chi connectivity index (χ4n) is 3.59. The van der Waals surface area contributed by atoms with Crippen molar-refractivity contribution in [1.29, 1.82) is 0 Å². The summed E-state index contributed by atoms with van der Waals surface area (Å²) in [5.74, 6) is 0.423. The molecule has 0 aromatic heterocycles. The van der Waals surface area contributed by atoms with Crippen molar-refractivity contribution in [1.82, 2.24) is 5.32 Å². The van der Waals surface area contributed by atoms with Crippen LogP contribution in [0.1, 0.15) is 24.5 Å². The van der Waals surface area contributed by atoms with Gasteiger partial charge in [-0.25, -0.2) is 0 Å². The van der Waals surface area contributed by atoms with Gasteiger partial charge in [-0.05, 0) is 31.5 Å². The molecule has 1 heterocycles. The molecule has 3 rings (SSSR count). The molecule has 0 aliphatic carbocycles. The Morgan fingerprint density at radius 1 is 1.00 bits per heavy atom. The third kappa shape index (κ3) is 2.39. The lowest BCUT2D eigenvalue weighted by atomic mass is 9.73. The molecule has 2 aromatic carbocycles. The summed E-state index contributed by atoms with van der Waals surface area (Å²) < 4.78 is 6.41.